The molecule has 5 nitrogen and oxygen atoms in total. The van der Waals surface area contributed by atoms with Gasteiger partial charge in [-0.15, -0.1) is 0 Å². The van der Waals surface area contributed by atoms with E-state index in [0.29, 0.717) is 18.5 Å². The predicted molar refractivity (Wildman–Crippen MR) is 68.9 cm³/mol. The average Bonchev–Trinajstić information content (AvgIpc) is 2.66. The number of carbonyl (C=O) groups excluding carboxylic acids is 1. The number of rotatable bonds is 3. The third-order valence-electron chi connectivity index (χ3n) is 4.71. The van der Waals surface area contributed by atoms with E-state index in [1.165, 1.54) is 6.42 Å². The molecule has 2 saturated carbocycles. The van der Waals surface area contributed by atoms with E-state index in [9.17, 15) is 14.7 Å². The minimum absolute atomic E-state index is 0.191. The van der Waals surface area contributed by atoms with Crippen molar-refractivity contribution in [1.29, 1.82) is 0 Å². The molecular formula is C14H18N2O3. The molecule has 1 spiro atoms. The van der Waals surface area contributed by atoms with Crippen LogP contribution in [0.15, 0.2) is 12.3 Å². The van der Waals surface area contributed by atoms with Crippen molar-refractivity contribution in [3.8, 4) is 0 Å². The van der Waals surface area contributed by atoms with Crippen LogP contribution in [0.5, 0.6) is 0 Å². The Bertz CT molecular complexity index is 535. The van der Waals surface area contributed by atoms with Crippen LogP contribution in [0.1, 0.15) is 48.2 Å². The number of carbonyl (C=O) groups is 2. The summed E-state index contributed by atoms with van der Waals surface area (Å²) in [7, 11) is 0. The van der Waals surface area contributed by atoms with Gasteiger partial charge in [-0.3, -0.25) is 4.79 Å². The molecule has 1 aromatic rings. The standard InChI is InChI=1S/C14H18N2O3/c1-9-3-6-15-10(9)11(17)16-14(12(18)19)7-13(8-14)4-2-5-13/h3,6,15H,2,4-5,7-8H2,1H3,(H,16,17)(H,18,19). The Morgan fingerprint density at radius 1 is 1.37 bits per heavy atom. The van der Waals surface area contributed by atoms with Crippen LogP contribution in [0.3, 0.4) is 0 Å². The number of aryl methyl sites for hydroxylation is 1. The largest absolute Gasteiger partial charge is 0.480 e. The zero-order chi connectivity index (χ0) is 13.7. The molecule has 3 N–H and O–H groups in total. The molecule has 102 valence electrons. The maximum atomic E-state index is 12.2. The van der Waals surface area contributed by atoms with Gasteiger partial charge >= 0.3 is 5.97 Å². The maximum absolute atomic E-state index is 12.2. The van der Waals surface area contributed by atoms with E-state index in [0.717, 1.165) is 18.4 Å². The summed E-state index contributed by atoms with van der Waals surface area (Å²) in [5, 5.41) is 12.2. The number of aliphatic carboxylic acids is 1. The molecule has 2 aliphatic carbocycles. The van der Waals surface area contributed by atoms with E-state index in [2.05, 4.69) is 10.3 Å². The van der Waals surface area contributed by atoms with E-state index in [1.54, 1.807) is 12.3 Å². The Morgan fingerprint density at radius 3 is 2.47 bits per heavy atom. The van der Waals surface area contributed by atoms with Gasteiger partial charge in [0.05, 0.1) is 0 Å². The second-order valence-electron chi connectivity index (χ2n) is 6.08. The first-order chi connectivity index (χ1) is 8.96. The molecule has 0 unspecified atom stereocenters. The van der Waals surface area contributed by atoms with Crippen molar-refractivity contribution in [3.05, 3.63) is 23.5 Å². The lowest BCUT2D eigenvalue weighted by atomic mass is 9.48. The van der Waals surface area contributed by atoms with Gasteiger partial charge in [-0.2, -0.15) is 0 Å². The molecule has 1 amide bonds. The SMILES string of the molecule is Cc1cc[nH]c1C(=O)NC1(C(=O)O)CC2(CCC2)C1. The van der Waals surface area contributed by atoms with Crippen molar-refractivity contribution in [3.63, 3.8) is 0 Å². The molecule has 2 fully saturated rings. The van der Waals surface area contributed by atoms with Crippen molar-refractivity contribution in [2.45, 2.75) is 44.6 Å². The molecule has 19 heavy (non-hydrogen) atoms. The molecule has 1 heterocycles. The number of aromatic nitrogens is 1. The fourth-order valence-corrected chi connectivity index (χ4v) is 3.52. The van der Waals surface area contributed by atoms with Gasteiger partial charge in [0.1, 0.15) is 11.2 Å². The normalized spacial score (nSPS) is 22.4. The highest BCUT2D eigenvalue weighted by Crippen LogP contribution is 2.60. The first-order valence-electron chi connectivity index (χ1n) is 6.66. The lowest BCUT2D eigenvalue weighted by Crippen LogP contribution is -2.68. The van der Waals surface area contributed by atoms with Gasteiger partial charge in [-0.25, -0.2) is 4.79 Å². The molecule has 0 saturated heterocycles. The van der Waals surface area contributed by atoms with E-state index >= 15 is 0 Å². The number of aromatic amines is 1. The van der Waals surface area contributed by atoms with Crippen LogP contribution in [0, 0.1) is 12.3 Å². The fraction of sp³-hybridized carbons (Fsp3) is 0.571. The van der Waals surface area contributed by atoms with E-state index in [1.807, 2.05) is 6.92 Å². The minimum Gasteiger partial charge on any atom is -0.480 e. The quantitative estimate of drug-likeness (QED) is 0.777. The molecule has 0 bridgehead atoms. The zero-order valence-electron chi connectivity index (χ0n) is 11.0. The smallest absolute Gasteiger partial charge is 0.329 e. The van der Waals surface area contributed by atoms with Crippen LogP contribution >= 0.6 is 0 Å². The van der Waals surface area contributed by atoms with Crippen LogP contribution < -0.4 is 5.32 Å². The molecule has 1 aromatic heterocycles. The lowest BCUT2D eigenvalue weighted by Gasteiger charge is -2.58. The maximum Gasteiger partial charge on any atom is 0.329 e. The number of H-pyrrole nitrogens is 1. The minimum atomic E-state index is -1.06. The van der Waals surface area contributed by atoms with Crippen LogP contribution in [-0.2, 0) is 4.79 Å². The molecule has 0 radical (unpaired) electrons. The summed E-state index contributed by atoms with van der Waals surface area (Å²) in [6.45, 7) is 1.83. The third kappa shape index (κ3) is 1.76. The van der Waals surface area contributed by atoms with Crippen LogP contribution in [0.25, 0.3) is 0 Å². The molecule has 5 heteroatoms. The second kappa shape index (κ2) is 3.85. The van der Waals surface area contributed by atoms with Crippen molar-refractivity contribution in [2.24, 2.45) is 5.41 Å². The first-order valence-corrected chi connectivity index (χ1v) is 6.66. The molecule has 0 atom stereocenters. The summed E-state index contributed by atoms with van der Waals surface area (Å²) >= 11 is 0. The highest BCUT2D eigenvalue weighted by molar-refractivity contribution is 5.98. The Hall–Kier alpha value is -1.78. The first kappa shape index (κ1) is 12.3. The van der Waals surface area contributed by atoms with E-state index < -0.39 is 11.5 Å². The van der Waals surface area contributed by atoms with Crippen LogP contribution in [0.2, 0.25) is 0 Å². The van der Waals surface area contributed by atoms with Crippen LogP contribution in [-0.4, -0.2) is 27.5 Å². The summed E-state index contributed by atoms with van der Waals surface area (Å²) in [5.74, 6) is -1.23. The summed E-state index contributed by atoms with van der Waals surface area (Å²) in [6.07, 6.45) is 6.20. The van der Waals surface area contributed by atoms with Crippen molar-refractivity contribution in [1.82, 2.24) is 10.3 Å². The summed E-state index contributed by atoms with van der Waals surface area (Å²) in [5.41, 5.74) is 0.414. The van der Waals surface area contributed by atoms with Crippen molar-refractivity contribution >= 4 is 11.9 Å². The molecule has 2 aliphatic rings. The topological polar surface area (TPSA) is 82.2 Å². The third-order valence-corrected chi connectivity index (χ3v) is 4.71. The number of hydrogen-bond donors (Lipinski definition) is 3. The van der Waals surface area contributed by atoms with Gasteiger partial charge in [-0.1, -0.05) is 6.42 Å². The molecule has 0 aliphatic heterocycles. The zero-order valence-corrected chi connectivity index (χ0v) is 11.0. The summed E-state index contributed by atoms with van der Waals surface area (Å²) in [6, 6.07) is 1.80. The van der Waals surface area contributed by atoms with Gasteiger partial charge in [0.15, 0.2) is 0 Å². The number of carboxylic acids is 1. The number of carboxylic acid groups (broad SMARTS) is 1. The highest BCUT2D eigenvalue weighted by atomic mass is 16.4. The van der Waals surface area contributed by atoms with E-state index in [-0.39, 0.29) is 11.3 Å². The second-order valence-corrected chi connectivity index (χ2v) is 6.08. The Morgan fingerprint density at radius 2 is 2.05 bits per heavy atom. The van der Waals surface area contributed by atoms with Gasteiger partial charge in [-0.05, 0) is 49.7 Å². The number of amides is 1. The van der Waals surface area contributed by atoms with Gasteiger partial charge in [0.25, 0.3) is 5.91 Å². The number of nitrogens with one attached hydrogen (secondary N) is 2. The average molecular weight is 262 g/mol. The Balaban J connectivity index is 1.75. The van der Waals surface area contributed by atoms with Gasteiger partial charge in [0.2, 0.25) is 0 Å². The number of hydrogen-bond acceptors (Lipinski definition) is 2. The Kier molecular flexibility index (Phi) is 2.49. The Labute approximate surface area is 111 Å². The van der Waals surface area contributed by atoms with Crippen molar-refractivity contribution in [2.75, 3.05) is 0 Å². The summed E-state index contributed by atoms with van der Waals surface area (Å²) in [4.78, 5) is 26.5. The lowest BCUT2D eigenvalue weighted by molar-refractivity contribution is -0.161. The monoisotopic (exact) mass is 262 g/mol. The highest BCUT2D eigenvalue weighted by Gasteiger charge is 2.61. The van der Waals surface area contributed by atoms with Gasteiger partial charge in [0, 0.05) is 6.20 Å². The molecule has 0 aromatic carbocycles. The van der Waals surface area contributed by atoms with Gasteiger partial charge < -0.3 is 15.4 Å². The van der Waals surface area contributed by atoms with Crippen molar-refractivity contribution < 1.29 is 14.7 Å². The summed E-state index contributed by atoms with van der Waals surface area (Å²) < 4.78 is 0. The molecule has 3 rings (SSSR count). The van der Waals surface area contributed by atoms with Crippen LogP contribution in [0.4, 0.5) is 0 Å². The predicted octanol–water partition coefficient (Wildman–Crippen LogP) is 1.84. The van der Waals surface area contributed by atoms with E-state index in [4.69, 9.17) is 0 Å². The fourth-order valence-electron chi connectivity index (χ4n) is 3.52. The molecular weight excluding hydrogens is 244 g/mol.